The predicted molar refractivity (Wildman–Crippen MR) is 124 cm³/mol. The number of allylic oxidation sites excluding steroid dienone is 1. The molecule has 1 saturated heterocycles. The Hall–Kier alpha value is -1.68. The molecule has 2 amide bonds. The number of rotatable bonds is 9. The van der Waals surface area contributed by atoms with Gasteiger partial charge in [0.15, 0.2) is 0 Å². The SMILES string of the molecule is COC1C(OC(=O)NC2CCC(NC(=O)CN)CC2)CCC2(CO2)C1[C@H](C)OCC=C(C)C. The summed E-state index contributed by atoms with van der Waals surface area (Å²) >= 11 is 0. The molecular formula is C24H41N3O6. The fourth-order valence-electron chi connectivity index (χ4n) is 5.27. The second-order valence-electron chi connectivity index (χ2n) is 9.85. The van der Waals surface area contributed by atoms with E-state index in [0.29, 0.717) is 19.6 Å². The summed E-state index contributed by atoms with van der Waals surface area (Å²) in [4.78, 5) is 24.2. The first-order chi connectivity index (χ1) is 15.8. The van der Waals surface area contributed by atoms with Crippen LogP contribution in [0.25, 0.3) is 0 Å². The lowest BCUT2D eigenvalue weighted by atomic mass is 9.73. The first kappa shape index (κ1) is 25.9. The van der Waals surface area contributed by atoms with Crippen molar-refractivity contribution in [1.82, 2.24) is 10.6 Å². The first-order valence-corrected chi connectivity index (χ1v) is 12.2. The summed E-state index contributed by atoms with van der Waals surface area (Å²) in [7, 11) is 1.66. The zero-order valence-corrected chi connectivity index (χ0v) is 20.4. The molecule has 3 aliphatic rings. The maximum atomic E-state index is 12.7. The molecule has 33 heavy (non-hydrogen) atoms. The topological polar surface area (TPSA) is 124 Å². The standard InChI is InChI=1S/C24H41N3O6/c1-15(2)10-12-31-16(3)21-22(30-4)19(9-11-24(21)14-32-24)33-23(29)27-18-7-5-17(6-8-18)26-20(28)13-25/h10,16-19,21-22H,5-9,11-14,25H2,1-4H3,(H,26,28)(H,27,29)/t16-,17?,18?,19?,21?,22?,24?/m0/s1. The summed E-state index contributed by atoms with van der Waals surface area (Å²) in [5.41, 5.74) is 6.33. The molecule has 0 aromatic rings. The molecule has 4 N–H and O–H groups in total. The van der Waals surface area contributed by atoms with E-state index in [4.69, 9.17) is 24.7 Å². The summed E-state index contributed by atoms with van der Waals surface area (Å²) in [6.07, 6.45) is 5.60. The van der Waals surface area contributed by atoms with E-state index >= 15 is 0 Å². The fraction of sp³-hybridized carbons (Fsp3) is 0.833. The molecule has 3 rings (SSSR count). The molecule has 5 atom stereocenters. The van der Waals surface area contributed by atoms with Crippen molar-refractivity contribution in [3.05, 3.63) is 11.6 Å². The number of carbonyl (C=O) groups excluding carboxylic acids is 2. The van der Waals surface area contributed by atoms with E-state index in [0.717, 1.165) is 32.1 Å². The maximum absolute atomic E-state index is 12.7. The van der Waals surface area contributed by atoms with E-state index in [1.807, 2.05) is 20.8 Å². The molecule has 0 radical (unpaired) electrons. The normalized spacial score (nSPS) is 34.3. The van der Waals surface area contributed by atoms with Crippen LogP contribution in [0.4, 0.5) is 4.79 Å². The summed E-state index contributed by atoms with van der Waals surface area (Å²) in [5, 5.41) is 5.92. The predicted octanol–water partition coefficient (Wildman–Crippen LogP) is 2.03. The van der Waals surface area contributed by atoms with Crippen molar-refractivity contribution in [2.45, 2.75) is 95.3 Å². The summed E-state index contributed by atoms with van der Waals surface area (Å²) in [5.74, 6) is -0.152. The summed E-state index contributed by atoms with van der Waals surface area (Å²) < 4.78 is 23.7. The minimum atomic E-state index is -0.416. The minimum absolute atomic E-state index is 0.00151. The Morgan fingerprint density at radius 3 is 2.33 bits per heavy atom. The van der Waals surface area contributed by atoms with E-state index in [1.165, 1.54) is 5.57 Å². The second kappa shape index (κ2) is 11.6. The molecule has 9 heteroatoms. The van der Waals surface area contributed by atoms with Crippen LogP contribution in [0.15, 0.2) is 11.6 Å². The molecule has 1 spiro atoms. The van der Waals surface area contributed by atoms with Crippen LogP contribution in [0.3, 0.4) is 0 Å². The van der Waals surface area contributed by atoms with Crippen LogP contribution in [-0.4, -0.2) is 74.9 Å². The van der Waals surface area contributed by atoms with Gasteiger partial charge in [0.25, 0.3) is 0 Å². The van der Waals surface area contributed by atoms with Gasteiger partial charge in [0.2, 0.25) is 5.91 Å². The van der Waals surface area contributed by atoms with E-state index in [-0.39, 0.29) is 54.4 Å². The van der Waals surface area contributed by atoms with Gasteiger partial charge in [-0.1, -0.05) is 11.6 Å². The zero-order chi connectivity index (χ0) is 24.0. The van der Waals surface area contributed by atoms with Crippen LogP contribution in [0.5, 0.6) is 0 Å². The van der Waals surface area contributed by atoms with Gasteiger partial charge >= 0.3 is 6.09 Å². The third kappa shape index (κ3) is 6.91. The lowest BCUT2D eigenvalue weighted by molar-refractivity contribution is -0.138. The average molecular weight is 468 g/mol. The molecule has 1 aliphatic heterocycles. The molecule has 4 unspecified atom stereocenters. The number of methoxy groups -OCH3 is 1. The number of nitrogens with one attached hydrogen (secondary N) is 2. The number of hydrogen-bond donors (Lipinski definition) is 3. The van der Waals surface area contributed by atoms with Crippen molar-refractivity contribution in [3.63, 3.8) is 0 Å². The van der Waals surface area contributed by atoms with Gasteiger partial charge in [0, 0.05) is 25.1 Å². The highest BCUT2D eigenvalue weighted by atomic mass is 16.6. The average Bonchev–Trinajstić information content (AvgIpc) is 3.55. The molecule has 0 bridgehead atoms. The van der Waals surface area contributed by atoms with Crippen molar-refractivity contribution in [2.24, 2.45) is 11.7 Å². The third-order valence-corrected chi connectivity index (χ3v) is 7.18. The Labute approximate surface area is 197 Å². The lowest BCUT2D eigenvalue weighted by Crippen LogP contribution is -2.55. The van der Waals surface area contributed by atoms with Gasteiger partial charge in [-0.05, 0) is 59.3 Å². The van der Waals surface area contributed by atoms with Crippen molar-refractivity contribution >= 4 is 12.0 Å². The number of ether oxygens (including phenoxy) is 4. The third-order valence-electron chi connectivity index (χ3n) is 7.18. The first-order valence-electron chi connectivity index (χ1n) is 12.2. The molecule has 2 saturated carbocycles. The van der Waals surface area contributed by atoms with Gasteiger partial charge in [-0.2, -0.15) is 0 Å². The van der Waals surface area contributed by atoms with E-state index < -0.39 is 6.09 Å². The van der Waals surface area contributed by atoms with Gasteiger partial charge in [-0.25, -0.2) is 4.79 Å². The van der Waals surface area contributed by atoms with Crippen LogP contribution < -0.4 is 16.4 Å². The molecule has 0 aromatic heterocycles. The number of nitrogens with two attached hydrogens (primary N) is 1. The van der Waals surface area contributed by atoms with Crippen LogP contribution >= 0.6 is 0 Å². The maximum Gasteiger partial charge on any atom is 0.407 e. The molecule has 9 nitrogen and oxygen atoms in total. The highest BCUT2D eigenvalue weighted by Gasteiger charge is 2.61. The fourth-order valence-corrected chi connectivity index (χ4v) is 5.27. The Bertz CT molecular complexity index is 698. The van der Waals surface area contributed by atoms with Crippen LogP contribution in [0.1, 0.15) is 59.3 Å². The van der Waals surface area contributed by atoms with Gasteiger partial charge in [0.05, 0.1) is 31.5 Å². The lowest BCUT2D eigenvalue weighted by Gasteiger charge is -2.43. The Morgan fingerprint density at radius 1 is 1.15 bits per heavy atom. The minimum Gasteiger partial charge on any atom is -0.443 e. The van der Waals surface area contributed by atoms with E-state index in [9.17, 15) is 9.59 Å². The summed E-state index contributed by atoms with van der Waals surface area (Å²) in [6, 6.07) is 0.156. The van der Waals surface area contributed by atoms with Crippen LogP contribution in [0, 0.1) is 5.92 Å². The van der Waals surface area contributed by atoms with Crippen LogP contribution in [-0.2, 0) is 23.7 Å². The molecule has 3 fully saturated rings. The number of alkyl carbamates (subject to hydrolysis) is 1. The number of hydrogen-bond acceptors (Lipinski definition) is 7. The zero-order valence-electron chi connectivity index (χ0n) is 20.4. The van der Waals surface area contributed by atoms with Crippen LogP contribution in [0.2, 0.25) is 0 Å². The van der Waals surface area contributed by atoms with Crippen molar-refractivity contribution in [2.75, 3.05) is 26.9 Å². The largest absolute Gasteiger partial charge is 0.443 e. The van der Waals surface area contributed by atoms with Crippen molar-refractivity contribution < 1.29 is 28.5 Å². The van der Waals surface area contributed by atoms with E-state index in [2.05, 4.69) is 16.7 Å². The highest BCUT2D eigenvalue weighted by molar-refractivity contribution is 5.78. The highest BCUT2D eigenvalue weighted by Crippen LogP contribution is 2.49. The quantitative estimate of drug-likeness (QED) is 0.350. The van der Waals surface area contributed by atoms with Gasteiger partial charge in [-0.15, -0.1) is 0 Å². The number of carbonyl (C=O) groups is 2. The van der Waals surface area contributed by atoms with Gasteiger partial charge in [-0.3, -0.25) is 4.79 Å². The van der Waals surface area contributed by atoms with Crippen molar-refractivity contribution in [3.8, 4) is 0 Å². The molecule has 1 heterocycles. The second-order valence-corrected chi connectivity index (χ2v) is 9.85. The molecule has 188 valence electrons. The molecule has 0 aromatic carbocycles. The summed E-state index contributed by atoms with van der Waals surface area (Å²) in [6.45, 7) is 7.36. The monoisotopic (exact) mass is 467 g/mol. The van der Waals surface area contributed by atoms with Crippen molar-refractivity contribution in [1.29, 1.82) is 0 Å². The van der Waals surface area contributed by atoms with Gasteiger partial charge in [0.1, 0.15) is 12.2 Å². The Kier molecular flexibility index (Phi) is 9.15. The number of amides is 2. The van der Waals surface area contributed by atoms with Gasteiger partial charge < -0.3 is 35.3 Å². The number of epoxide rings is 1. The van der Waals surface area contributed by atoms with E-state index in [1.54, 1.807) is 7.11 Å². The smallest absolute Gasteiger partial charge is 0.407 e. The molecule has 2 aliphatic carbocycles. The Balaban J connectivity index is 1.52. The Morgan fingerprint density at radius 2 is 1.79 bits per heavy atom. The molecular weight excluding hydrogens is 426 g/mol.